The van der Waals surface area contributed by atoms with Crippen LogP contribution in [0.5, 0.6) is 0 Å². The van der Waals surface area contributed by atoms with Gasteiger partial charge in [0.2, 0.25) is 17.5 Å². The molecule has 8 rings (SSSR count). The van der Waals surface area contributed by atoms with Gasteiger partial charge < -0.3 is 39.2 Å². The van der Waals surface area contributed by atoms with Gasteiger partial charge in [-0.25, -0.2) is 14.6 Å². The summed E-state index contributed by atoms with van der Waals surface area (Å²) < 4.78 is 14.1. The number of rotatable bonds is 9. The summed E-state index contributed by atoms with van der Waals surface area (Å²) in [5.41, 5.74) is 6.26. The number of pyridine rings is 1. The largest absolute Gasteiger partial charge is 0.462 e. The number of carbonyl (C=O) groups excluding carboxylic acids is 5. The molecule has 3 aromatic heterocycles. The molecule has 18 nitrogen and oxygen atoms in total. The zero-order valence-electron chi connectivity index (χ0n) is 42.1. The lowest BCUT2D eigenvalue weighted by atomic mass is 9.84. The molecule has 4 aromatic rings. The van der Waals surface area contributed by atoms with E-state index in [0.717, 1.165) is 58.4 Å². The summed E-state index contributed by atoms with van der Waals surface area (Å²) in [7, 11) is 5.22. The summed E-state index contributed by atoms with van der Waals surface area (Å²) in [6.07, 6.45) is 4.03. The van der Waals surface area contributed by atoms with Crippen LogP contribution in [0.1, 0.15) is 89.6 Å². The van der Waals surface area contributed by atoms with Crippen LogP contribution >= 0.6 is 11.3 Å². The van der Waals surface area contributed by atoms with Crippen molar-refractivity contribution in [1.82, 2.24) is 49.9 Å². The molecule has 0 radical (unpaired) electrons. The first-order chi connectivity index (χ1) is 33.3. The van der Waals surface area contributed by atoms with E-state index in [1.807, 2.05) is 64.1 Å². The van der Waals surface area contributed by atoms with E-state index >= 15 is 0 Å². The van der Waals surface area contributed by atoms with Gasteiger partial charge in [-0.2, -0.15) is 5.43 Å². The highest BCUT2D eigenvalue weighted by molar-refractivity contribution is 7.10. The number of hydrogen-bond acceptors (Lipinski definition) is 13. The number of thiazole rings is 1. The molecule has 0 aliphatic carbocycles. The highest BCUT2D eigenvalue weighted by Gasteiger charge is 2.46. The van der Waals surface area contributed by atoms with Crippen molar-refractivity contribution in [3.63, 3.8) is 0 Å². The van der Waals surface area contributed by atoms with Crippen LogP contribution in [0.2, 0.25) is 0 Å². The second-order valence-electron chi connectivity index (χ2n) is 20.5. The zero-order valence-corrected chi connectivity index (χ0v) is 42.9. The van der Waals surface area contributed by atoms with Crippen molar-refractivity contribution in [2.45, 2.75) is 117 Å². The normalized spacial score (nSPS) is 23.3. The van der Waals surface area contributed by atoms with Gasteiger partial charge in [-0.05, 0) is 88.9 Å². The number of hydrogen-bond donors (Lipinski definition) is 3. The molecule has 6 bridgehead atoms. The van der Waals surface area contributed by atoms with Gasteiger partial charge in [0.15, 0.2) is 0 Å². The first kappa shape index (κ1) is 50.9. The van der Waals surface area contributed by atoms with E-state index in [9.17, 15) is 29.1 Å². The molecule has 0 saturated carbocycles. The molecule has 7 heterocycles. The number of aromatic nitrogens is 3. The SMILES string of the molecule is CCn1c(-c2cccnc2[C@H](C)OC)c2c3cc(ccc31)-c1csc(n1)C[C@H](NC(=O)[C@H](C(C)C)N(C)C(=O)N1CCN(C(=O)[C@H]3CCCN3C)CC1)C(=O)N1CCC[C@@](O)(N1)C(=O)OCC(C)(C)C2. The summed E-state index contributed by atoms with van der Waals surface area (Å²) in [4.78, 5) is 87.6. The van der Waals surface area contributed by atoms with Crippen LogP contribution in [0.25, 0.3) is 33.4 Å². The number of benzene rings is 1. The molecule has 378 valence electrons. The number of nitrogens with zero attached hydrogens (tertiary/aromatic N) is 8. The molecule has 0 unspecified atom stereocenters. The molecule has 5 amide bonds. The Morgan fingerprint density at radius 3 is 2.49 bits per heavy atom. The van der Waals surface area contributed by atoms with E-state index < -0.39 is 41.0 Å². The summed E-state index contributed by atoms with van der Waals surface area (Å²) in [5.74, 6) is -2.31. The van der Waals surface area contributed by atoms with Crippen molar-refractivity contribution < 1.29 is 38.6 Å². The minimum Gasteiger partial charge on any atom is -0.462 e. The van der Waals surface area contributed by atoms with Crippen LogP contribution in [0.4, 0.5) is 4.79 Å². The Morgan fingerprint density at radius 1 is 1.06 bits per heavy atom. The topological polar surface area (TPSA) is 195 Å². The van der Waals surface area contributed by atoms with Gasteiger partial charge in [-0.1, -0.05) is 33.8 Å². The fourth-order valence-corrected chi connectivity index (χ4v) is 11.5. The van der Waals surface area contributed by atoms with Crippen molar-refractivity contribution in [3.8, 4) is 22.5 Å². The lowest BCUT2D eigenvalue weighted by Gasteiger charge is -2.41. The minimum atomic E-state index is -2.23. The van der Waals surface area contributed by atoms with E-state index in [0.29, 0.717) is 49.8 Å². The number of cyclic esters (lactones) is 1. The van der Waals surface area contributed by atoms with E-state index in [1.54, 1.807) is 25.3 Å². The Morgan fingerprint density at radius 2 is 1.80 bits per heavy atom. The number of urea groups is 1. The van der Waals surface area contributed by atoms with Crippen molar-refractivity contribution in [2.24, 2.45) is 11.3 Å². The van der Waals surface area contributed by atoms with Crippen LogP contribution in [0, 0.1) is 11.3 Å². The standard InChI is InChI=1S/C51H70N10O8S/c1-10-60-39-17-16-33-26-35(39)36(44(60)34-14-11-19-52-42(34)32(4)68-9)28-50(5,6)30-69-48(65)51(67)18-13-21-61(55-51)46(63)37(27-41-53-38(33)29-70-41)54-45(62)43(31(2)3)57(8)49(66)59-24-22-58(23-25-59)47(64)40-15-12-20-56(40)7/h11,14,16-17,19,26,29,31-32,37,40,43,55,67H,10,12-13,15,18,20-25,27-28,30H2,1-9H3,(H,54,62)/t32-,37-,40+,43-,51-/m0/s1. The van der Waals surface area contributed by atoms with Crippen molar-refractivity contribution >= 4 is 52.0 Å². The van der Waals surface area contributed by atoms with E-state index in [2.05, 4.69) is 45.3 Å². The maximum Gasteiger partial charge on any atom is 0.355 e. The Hall–Kier alpha value is -5.47. The maximum absolute atomic E-state index is 14.7. The monoisotopic (exact) mass is 983 g/mol. The molecule has 0 spiro atoms. The molecule has 5 atom stereocenters. The number of aliphatic hydroxyl groups is 1. The van der Waals surface area contributed by atoms with E-state index in [1.165, 1.54) is 21.2 Å². The van der Waals surface area contributed by atoms with Gasteiger partial charge >= 0.3 is 12.0 Å². The Balaban J connectivity index is 1.12. The first-order valence-corrected chi connectivity index (χ1v) is 25.6. The molecule has 3 fully saturated rings. The molecule has 70 heavy (non-hydrogen) atoms. The summed E-state index contributed by atoms with van der Waals surface area (Å²) in [6, 6.07) is 7.60. The van der Waals surface area contributed by atoms with Gasteiger partial charge in [-0.15, -0.1) is 11.3 Å². The number of aryl methyl sites for hydroxylation is 1. The number of fused-ring (bicyclic) bond motifs is 6. The lowest BCUT2D eigenvalue weighted by molar-refractivity contribution is -0.189. The van der Waals surface area contributed by atoms with Gasteiger partial charge in [0.1, 0.15) is 12.1 Å². The molecular formula is C51H70N10O8S. The number of likely N-dealkylation sites (tertiary alicyclic amines) is 1. The molecule has 4 aliphatic heterocycles. The fraction of sp³-hybridized carbons (Fsp3) is 0.588. The molecule has 1 aromatic carbocycles. The average molecular weight is 983 g/mol. The second kappa shape index (κ2) is 20.7. The third-order valence-corrected chi connectivity index (χ3v) is 15.4. The van der Waals surface area contributed by atoms with Gasteiger partial charge in [0.25, 0.3) is 5.91 Å². The Labute approximate surface area is 414 Å². The average Bonchev–Trinajstić information content (AvgIpc) is 4.08. The van der Waals surface area contributed by atoms with Gasteiger partial charge in [-0.3, -0.25) is 29.3 Å². The van der Waals surface area contributed by atoms with Gasteiger partial charge in [0, 0.05) is 105 Å². The number of likely N-dealkylation sites (N-methyl/N-ethyl adjacent to an activating group) is 2. The molecule has 19 heteroatoms. The van der Waals surface area contributed by atoms with Crippen LogP contribution in [0.3, 0.4) is 0 Å². The number of nitrogens with one attached hydrogen (secondary N) is 2. The summed E-state index contributed by atoms with van der Waals surface area (Å²) in [5, 5.41) is 19.6. The Kier molecular flexibility index (Phi) is 15.1. The lowest BCUT2D eigenvalue weighted by Crippen LogP contribution is -2.67. The van der Waals surface area contributed by atoms with Crippen LogP contribution in [-0.2, 0) is 48.0 Å². The quantitative estimate of drug-likeness (QED) is 0.194. The third kappa shape index (κ3) is 10.2. The highest BCUT2D eigenvalue weighted by atomic mass is 32.1. The number of amides is 5. The molecule has 4 aliphatic rings. The van der Waals surface area contributed by atoms with E-state index in [4.69, 9.17) is 19.4 Å². The minimum absolute atomic E-state index is 0.00947. The maximum atomic E-state index is 14.7. The first-order valence-electron chi connectivity index (χ1n) is 24.7. The van der Waals surface area contributed by atoms with Crippen molar-refractivity contribution in [3.05, 3.63) is 58.2 Å². The second-order valence-corrected chi connectivity index (χ2v) is 21.5. The zero-order chi connectivity index (χ0) is 50.2. The van der Waals surface area contributed by atoms with E-state index in [-0.39, 0.29) is 62.4 Å². The molecule has 3 saturated heterocycles. The Bertz CT molecular complexity index is 2610. The third-order valence-electron chi connectivity index (χ3n) is 14.5. The number of esters is 1. The number of ether oxygens (including phenoxy) is 2. The molecule has 3 N–H and O–H groups in total. The van der Waals surface area contributed by atoms with Crippen molar-refractivity contribution in [2.75, 3.05) is 67.1 Å². The summed E-state index contributed by atoms with van der Waals surface area (Å²) in [6.45, 7) is 14.9. The number of carbonyl (C=O) groups is 5. The van der Waals surface area contributed by atoms with Crippen LogP contribution in [-0.4, -0.2) is 165 Å². The number of methoxy groups -OCH3 is 1. The smallest absolute Gasteiger partial charge is 0.355 e. The highest BCUT2D eigenvalue weighted by Crippen LogP contribution is 2.42. The number of piperazine rings is 1. The summed E-state index contributed by atoms with van der Waals surface area (Å²) >= 11 is 1.36. The predicted octanol–water partition coefficient (Wildman–Crippen LogP) is 4.84. The fourth-order valence-electron chi connectivity index (χ4n) is 10.7. The van der Waals surface area contributed by atoms with Crippen molar-refractivity contribution in [1.29, 1.82) is 0 Å². The van der Waals surface area contributed by atoms with Crippen LogP contribution in [0.15, 0.2) is 41.9 Å². The van der Waals surface area contributed by atoms with Crippen LogP contribution < -0.4 is 10.7 Å². The number of hydrazine groups is 1. The predicted molar refractivity (Wildman–Crippen MR) is 266 cm³/mol. The van der Waals surface area contributed by atoms with Gasteiger partial charge in [0.05, 0.1) is 40.8 Å². The molecular weight excluding hydrogens is 913 g/mol.